The summed E-state index contributed by atoms with van der Waals surface area (Å²) >= 11 is 0. The topological polar surface area (TPSA) is 46.3 Å². The molecule has 1 amide bonds. The maximum absolute atomic E-state index is 11.8. The summed E-state index contributed by atoms with van der Waals surface area (Å²) in [4.78, 5) is 13.7. The molecule has 0 aliphatic carbocycles. The number of nitrogens with zero attached hydrogens (tertiary/aromatic N) is 1. The Kier molecular flexibility index (Phi) is 11.2. The van der Waals surface area contributed by atoms with Crippen molar-refractivity contribution in [3.63, 3.8) is 0 Å². The second kappa shape index (κ2) is 9.91. The Morgan fingerprint density at radius 2 is 1.88 bits per heavy atom. The van der Waals surface area contributed by atoms with E-state index in [2.05, 4.69) is 13.8 Å². The molecule has 3 nitrogen and oxygen atoms in total. The normalized spacial score (nSPS) is 13.8. The number of hydrogen-bond acceptors (Lipinski definition) is 2. The molecule has 2 N–H and O–H groups in total. The first-order valence-electron chi connectivity index (χ1n) is 6.04. The second-order valence-corrected chi connectivity index (χ2v) is 4.46. The Morgan fingerprint density at radius 1 is 1.31 bits per heavy atom. The minimum absolute atomic E-state index is 0. The van der Waals surface area contributed by atoms with Gasteiger partial charge in [0.05, 0.1) is 0 Å². The van der Waals surface area contributed by atoms with E-state index in [1.165, 1.54) is 0 Å². The highest BCUT2D eigenvalue weighted by molar-refractivity contribution is 5.85. The number of halogens is 1. The third-order valence-corrected chi connectivity index (χ3v) is 2.78. The highest BCUT2D eigenvalue weighted by Gasteiger charge is 2.14. The zero-order valence-electron chi connectivity index (χ0n) is 11.0. The Bertz CT molecular complexity index is 186. The molecule has 0 aliphatic rings. The maximum Gasteiger partial charge on any atom is 0.222 e. The number of rotatable bonds is 7. The lowest BCUT2D eigenvalue weighted by Gasteiger charge is -2.24. The van der Waals surface area contributed by atoms with E-state index >= 15 is 0 Å². The summed E-state index contributed by atoms with van der Waals surface area (Å²) in [7, 11) is 0. The molecule has 0 radical (unpaired) electrons. The van der Waals surface area contributed by atoms with Gasteiger partial charge in [0.25, 0.3) is 0 Å². The average molecular weight is 251 g/mol. The van der Waals surface area contributed by atoms with Crippen LogP contribution in [0.25, 0.3) is 0 Å². The highest BCUT2D eigenvalue weighted by atomic mass is 35.5. The van der Waals surface area contributed by atoms with Crippen LogP contribution in [-0.4, -0.2) is 29.9 Å². The van der Waals surface area contributed by atoms with Crippen molar-refractivity contribution in [2.45, 2.75) is 53.0 Å². The monoisotopic (exact) mass is 250 g/mol. The van der Waals surface area contributed by atoms with Crippen LogP contribution in [0.2, 0.25) is 0 Å². The lowest BCUT2D eigenvalue weighted by molar-refractivity contribution is -0.131. The number of nitrogens with two attached hydrogens (primary N) is 1. The lowest BCUT2D eigenvalue weighted by atomic mass is 10.1. The lowest BCUT2D eigenvalue weighted by Crippen LogP contribution is -2.35. The summed E-state index contributed by atoms with van der Waals surface area (Å²) < 4.78 is 0. The number of carbonyl (C=O) groups is 1. The molecule has 0 saturated carbocycles. The molecule has 0 saturated heterocycles. The van der Waals surface area contributed by atoms with Crippen molar-refractivity contribution >= 4 is 18.3 Å². The summed E-state index contributed by atoms with van der Waals surface area (Å²) in [5.74, 6) is 0.833. The maximum atomic E-state index is 11.8. The average Bonchev–Trinajstić information content (AvgIpc) is 2.21. The zero-order valence-corrected chi connectivity index (χ0v) is 11.8. The highest BCUT2D eigenvalue weighted by Crippen LogP contribution is 2.07. The van der Waals surface area contributed by atoms with E-state index in [1.54, 1.807) is 0 Å². The molecule has 98 valence electrons. The van der Waals surface area contributed by atoms with Crippen LogP contribution in [0.5, 0.6) is 0 Å². The molecule has 16 heavy (non-hydrogen) atoms. The van der Waals surface area contributed by atoms with Crippen LogP contribution in [0.15, 0.2) is 0 Å². The largest absolute Gasteiger partial charge is 0.343 e. The van der Waals surface area contributed by atoms with E-state index < -0.39 is 0 Å². The minimum atomic E-state index is 0. The molecule has 2 atom stereocenters. The molecule has 0 rings (SSSR count). The standard InChI is InChI=1S/C12H26N2O.ClH/c1-5-10(3)9-14(6-2)12(15)8-7-11(4)13;/h10-11H,5-9,13H2,1-4H3;1H. The quantitative estimate of drug-likeness (QED) is 0.755. The van der Waals surface area contributed by atoms with Crippen molar-refractivity contribution in [3.8, 4) is 0 Å². The molecule has 2 unspecified atom stereocenters. The first-order chi connectivity index (χ1) is 7.01. The Morgan fingerprint density at radius 3 is 2.25 bits per heavy atom. The minimum Gasteiger partial charge on any atom is -0.343 e. The van der Waals surface area contributed by atoms with Crippen LogP contribution in [0.3, 0.4) is 0 Å². The molecule has 0 bridgehead atoms. The van der Waals surface area contributed by atoms with Crippen LogP contribution in [0, 0.1) is 5.92 Å². The molecular formula is C12H27ClN2O. The summed E-state index contributed by atoms with van der Waals surface area (Å²) in [6, 6.07) is 0.122. The fourth-order valence-corrected chi connectivity index (χ4v) is 1.42. The molecular weight excluding hydrogens is 224 g/mol. The SMILES string of the molecule is CCC(C)CN(CC)C(=O)CCC(C)N.Cl. The van der Waals surface area contributed by atoms with Crippen LogP contribution >= 0.6 is 12.4 Å². The van der Waals surface area contributed by atoms with Gasteiger partial charge < -0.3 is 10.6 Å². The first-order valence-corrected chi connectivity index (χ1v) is 6.04. The fourth-order valence-electron chi connectivity index (χ4n) is 1.42. The van der Waals surface area contributed by atoms with Gasteiger partial charge in [0.2, 0.25) is 5.91 Å². The molecule has 0 aromatic heterocycles. The van der Waals surface area contributed by atoms with Crippen LogP contribution < -0.4 is 5.73 Å². The van der Waals surface area contributed by atoms with Gasteiger partial charge in [-0.2, -0.15) is 0 Å². The smallest absolute Gasteiger partial charge is 0.222 e. The van der Waals surface area contributed by atoms with Gasteiger partial charge in [-0.1, -0.05) is 20.3 Å². The third kappa shape index (κ3) is 7.94. The van der Waals surface area contributed by atoms with Crippen molar-refractivity contribution in [3.05, 3.63) is 0 Å². The molecule has 0 spiro atoms. The molecule has 0 heterocycles. The molecule has 0 aromatic carbocycles. The molecule has 4 heteroatoms. The van der Waals surface area contributed by atoms with Crippen molar-refractivity contribution in [1.82, 2.24) is 4.90 Å². The summed E-state index contributed by atoms with van der Waals surface area (Å²) in [6.07, 6.45) is 2.49. The van der Waals surface area contributed by atoms with Crippen LogP contribution in [-0.2, 0) is 4.79 Å². The van der Waals surface area contributed by atoms with Crippen LogP contribution in [0.1, 0.15) is 47.0 Å². The van der Waals surface area contributed by atoms with Gasteiger partial charge in [-0.05, 0) is 26.2 Å². The second-order valence-electron chi connectivity index (χ2n) is 4.46. The summed E-state index contributed by atoms with van der Waals surface area (Å²) in [5.41, 5.74) is 5.64. The van der Waals surface area contributed by atoms with Crippen molar-refractivity contribution in [2.75, 3.05) is 13.1 Å². The first kappa shape index (κ1) is 18.1. The predicted octanol–water partition coefficient (Wildman–Crippen LogP) is 2.43. The van der Waals surface area contributed by atoms with E-state index in [0.29, 0.717) is 12.3 Å². The molecule has 0 aliphatic heterocycles. The Balaban J connectivity index is 0. The summed E-state index contributed by atoms with van der Waals surface area (Å²) in [5, 5.41) is 0. The number of carbonyl (C=O) groups excluding carboxylic acids is 1. The van der Waals surface area contributed by atoms with Gasteiger partial charge in [-0.15, -0.1) is 12.4 Å². The van der Waals surface area contributed by atoms with E-state index in [0.717, 1.165) is 25.9 Å². The number of amides is 1. The molecule has 0 aromatic rings. The Hall–Kier alpha value is -0.280. The Labute approximate surface area is 106 Å². The van der Waals surface area contributed by atoms with Crippen LogP contribution in [0.4, 0.5) is 0 Å². The van der Waals surface area contributed by atoms with Gasteiger partial charge >= 0.3 is 0 Å². The van der Waals surface area contributed by atoms with Gasteiger partial charge in [-0.25, -0.2) is 0 Å². The zero-order chi connectivity index (χ0) is 11.8. The van der Waals surface area contributed by atoms with Crippen molar-refractivity contribution in [1.29, 1.82) is 0 Å². The van der Waals surface area contributed by atoms with E-state index in [-0.39, 0.29) is 24.4 Å². The number of hydrogen-bond donors (Lipinski definition) is 1. The summed E-state index contributed by atoms with van der Waals surface area (Å²) in [6.45, 7) is 10.0. The predicted molar refractivity (Wildman–Crippen MR) is 71.8 cm³/mol. The van der Waals surface area contributed by atoms with E-state index in [1.807, 2.05) is 18.7 Å². The van der Waals surface area contributed by atoms with E-state index in [9.17, 15) is 4.79 Å². The molecule has 0 fully saturated rings. The van der Waals surface area contributed by atoms with Gasteiger partial charge in [0, 0.05) is 25.6 Å². The van der Waals surface area contributed by atoms with Crippen molar-refractivity contribution in [2.24, 2.45) is 11.7 Å². The van der Waals surface area contributed by atoms with Gasteiger partial charge in [0.15, 0.2) is 0 Å². The van der Waals surface area contributed by atoms with E-state index in [4.69, 9.17) is 5.73 Å². The van der Waals surface area contributed by atoms with Gasteiger partial charge in [0.1, 0.15) is 0 Å². The third-order valence-electron chi connectivity index (χ3n) is 2.78. The fraction of sp³-hybridized carbons (Fsp3) is 0.917. The van der Waals surface area contributed by atoms with Crippen molar-refractivity contribution < 1.29 is 4.79 Å². The van der Waals surface area contributed by atoms with Gasteiger partial charge in [-0.3, -0.25) is 4.79 Å².